The summed E-state index contributed by atoms with van der Waals surface area (Å²) in [5.41, 5.74) is 0.960. The van der Waals surface area contributed by atoms with E-state index < -0.39 is 11.7 Å². The lowest BCUT2D eigenvalue weighted by atomic mass is 9.79. The zero-order chi connectivity index (χ0) is 15.2. The number of ether oxygens (including phenoxy) is 1. The largest absolute Gasteiger partial charge is 0.459 e. The van der Waals surface area contributed by atoms with Crippen molar-refractivity contribution in [3.05, 3.63) is 11.6 Å². The van der Waals surface area contributed by atoms with Crippen molar-refractivity contribution in [3.63, 3.8) is 0 Å². The average molecular weight is 302 g/mol. The molecule has 4 nitrogen and oxygen atoms in total. The first-order chi connectivity index (χ1) is 9.35. The molecule has 1 rings (SSSR count). The van der Waals surface area contributed by atoms with Crippen LogP contribution in [0.25, 0.3) is 0 Å². The number of thioether (sulfide) groups is 1. The lowest BCUT2D eigenvalue weighted by Crippen LogP contribution is -2.38. The first-order valence-electron chi connectivity index (χ1n) is 7.09. The molecule has 5 heteroatoms. The molecule has 0 radical (unpaired) electrons. The second-order valence-electron chi connectivity index (χ2n) is 5.95. The minimum atomic E-state index is -0.771. The maximum atomic E-state index is 11.8. The Morgan fingerprint density at radius 3 is 2.85 bits per heavy atom. The standard InChI is InChI=1S/C15H26O4S/c1-11-4-6-12(7-5-11)15(2,3)19-14(18)10-20-9-13(17)8-16/h4,12-13,16-17H,5-10H2,1-3H3. The third-order valence-electron chi connectivity index (χ3n) is 3.74. The molecule has 1 aliphatic carbocycles. The van der Waals surface area contributed by atoms with Gasteiger partial charge in [-0.05, 0) is 40.0 Å². The van der Waals surface area contributed by atoms with E-state index in [1.165, 1.54) is 17.3 Å². The Labute approximate surface area is 125 Å². The van der Waals surface area contributed by atoms with Gasteiger partial charge < -0.3 is 14.9 Å². The van der Waals surface area contributed by atoms with Crippen LogP contribution in [-0.4, -0.2) is 46.0 Å². The van der Waals surface area contributed by atoms with E-state index in [1.54, 1.807) is 0 Å². The summed E-state index contributed by atoms with van der Waals surface area (Å²) in [6.07, 6.45) is 4.55. The van der Waals surface area contributed by atoms with Gasteiger partial charge in [-0.25, -0.2) is 0 Å². The molecular formula is C15H26O4S. The molecule has 0 saturated heterocycles. The van der Waals surface area contributed by atoms with Crippen molar-refractivity contribution in [1.82, 2.24) is 0 Å². The highest BCUT2D eigenvalue weighted by atomic mass is 32.2. The monoisotopic (exact) mass is 302 g/mol. The van der Waals surface area contributed by atoms with Crippen molar-refractivity contribution in [2.45, 2.75) is 51.7 Å². The number of aliphatic hydroxyl groups excluding tert-OH is 2. The maximum Gasteiger partial charge on any atom is 0.316 e. The molecule has 2 unspecified atom stereocenters. The molecule has 0 aliphatic heterocycles. The van der Waals surface area contributed by atoms with Gasteiger partial charge in [-0.2, -0.15) is 0 Å². The van der Waals surface area contributed by atoms with E-state index in [2.05, 4.69) is 13.0 Å². The van der Waals surface area contributed by atoms with Crippen LogP contribution in [0.15, 0.2) is 11.6 Å². The first kappa shape index (κ1) is 17.5. The van der Waals surface area contributed by atoms with Crippen molar-refractivity contribution in [2.24, 2.45) is 5.92 Å². The van der Waals surface area contributed by atoms with Gasteiger partial charge >= 0.3 is 5.97 Å². The predicted octanol–water partition coefficient (Wildman–Crippen LogP) is 2.14. The second kappa shape index (κ2) is 8.05. The van der Waals surface area contributed by atoms with Crippen LogP contribution in [0.5, 0.6) is 0 Å². The van der Waals surface area contributed by atoms with Crippen LogP contribution in [0, 0.1) is 5.92 Å². The average Bonchev–Trinajstić information content (AvgIpc) is 2.38. The van der Waals surface area contributed by atoms with Crippen LogP contribution in [0.1, 0.15) is 40.0 Å². The number of carbonyl (C=O) groups is 1. The van der Waals surface area contributed by atoms with Gasteiger partial charge in [0, 0.05) is 11.7 Å². The van der Waals surface area contributed by atoms with E-state index in [-0.39, 0.29) is 18.3 Å². The van der Waals surface area contributed by atoms with Crippen LogP contribution in [-0.2, 0) is 9.53 Å². The zero-order valence-corrected chi connectivity index (χ0v) is 13.4. The SMILES string of the molecule is CC1=CCC(C(C)(C)OC(=O)CSCC(O)CO)CC1. The molecule has 2 N–H and O–H groups in total. The van der Waals surface area contributed by atoms with Crippen molar-refractivity contribution in [2.75, 3.05) is 18.1 Å². The number of esters is 1. The van der Waals surface area contributed by atoms with Crippen molar-refractivity contribution >= 4 is 17.7 Å². The minimum absolute atomic E-state index is 0.210. The Hall–Kier alpha value is -0.520. The summed E-state index contributed by atoms with van der Waals surface area (Å²) >= 11 is 1.29. The van der Waals surface area contributed by atoms with E-state index in [9.17, 15) is 9.90 Å². The lowest BCUT2D eigenvalue weighted by Gasteiger charge is -2.35. The summed E-state index contributed by atoms with van der Waals surface area (Å²) < 4.78 is 5.59. The highest BCUT2D eigenvalue weighted by Gasteiger charge is 2.33. The molecule has 0 fully saturated rings. The predicted molar refractivity (Wildman–Crippen MR) is 81.7 cm³/mol. The maximum absolute atomic E-state index is 11.8. The van der Waals surface area contributed by atoms with Gasteiger partial charge in [-0.3, -0.25) is 4.79 Å². The normalized spacial score (nSPS) is 21.2. The molecule has 0 aromatic carbocycles. The Bertz CT molecular complexity index is 352. The molecule has 0 spiro atoms. The van der Waals surface area contributed by atoms with E-state index >= 15 is 0 Å². The first-order valence-corrected chi connectivity index (χ1v) is 8.24. The molecule has 1 aliphatic rings. The number of hydrogen-bond acceptors (Lipinski definition) is 5. The van der Waals surface area contributed by atoms with E-state index in [4.69, 9.17) is 9.84 Å². The molecule has 0 saturated carbocycles. The summed E-state index contributed by atoms with van der Waals surface area (Å²) in [6.45, 7) is 5.80. The Balaban J connectivity index is 2.36. The van der Waals surface area contributed by atoms with Crippen LogP contribution in [0.4, 0.5) is 0 Å². The number of allylic oxidation sites excluding steroid dienone is 2. The summed E-state index contributed by atoms with van der Waals surface area (Å²) in [5, 5.41) is 17.9. The van der Waals surface area contributed by atoms with Gasteiger partial charge in [0.05, 0.1) is 18.5 Å². The smallest absolute Gasteiger partial charge is 0.316 e. The fraction of sp³-hybridized carbons (Fsp3) is 0.800. The Morgan fingerprint density at radius 2 is 2.30 bits per heavy atom. The zero-order valence-electron chi connectivity index (χ0n) is 12.6. The van der Waals surface area contributed by atoms with Crippen LogP contribution < -0.4 is 0 Å². The number of hydrogen-bond donors (Lipinski definition) is 2. The molecule has 0 amide bonds. The topological polar surface area (TPSA) is 66.8 Å². The van der Waals surface area contributed by atoms with Crippen LogP contribution in [0.2, 0.25) is 0 Å². The summed E-state index contributed by atoms with van der Waals surface area (Å²) in [5.74, 6) is 0.666. The number of carbonyl (C=O) groups excluding carboxylic acids is 1. The minimum Gasteiger partial charge on any atom is -0.459 e. The Morgan fingerprint density at radius 1 is 1.60 bits per heavy atom. The van der Waals surface area contributed by atoms with E-state index in [1.807, 2.05) is 13.8 Å². The second-order valence-corrected chi connectivity index (χ2v) is 6.98. The van der Waals surface area contributed by atoms with Crippen molar-refractivity contribution in [1.29, 1.82) is 0 Å². The van der Waals surface area contributed by atoms with E-state index in [0.717, 1.165) is 19.3 Å². The Kier molecular flexibility index (Phi) is 7.06. The molecule has 2 atom stereocenters. The van der Waals surface area contributed by atoms with Gasteiger partial charge in [-0.1, -0.05) is 11.6 Å². The quantitative estimate of drug-likeness (QED) is 0.557. The van der Waals surface area contributed by atoms with Crippen molar-refractivity contribution in [3.8, 4) is 0 Å². The van der Waals surface area contributed by atoms with Gasteiger partial charge in [0.25, 0.3) is 0 Å². The van der Waals surface area contributed by atoms with Gasteiger partial charge in [0.1, 0.15) is 5.60 Å². The third kappa shape index (κ3) is 5.85. The molecule has 0 heterocycles. The highest BCUT2D eigenvalue weighted by molar-refractivity contribution is 7.99. The van der Waals surface area contributed by atoms with Crippen LogP contribution >= 0.6 is 11.8 Å². The molecule has 0 aromatic rings. The summed E-state index contributed by atoms with van der Waals surface area (Å²) in [6, 6.07) is 0. The van der Waals surface area contributed by atoms with Gasteiger partial charge in [0.2, 0.25) is 0 Å². The van der Waals surface area contributed by atoms with Gasteiger partial charge in [0.15, 0.2) is 0 Å². The third-order valence-corrected chi connectivity index (χ3v) is 4.80. The number of aliphatic hydroxyl groups is 2. The molecular weight excluding hydrogens is 276 g/mol. The molecule has 116 valence electrons. The fourth-order valence-electron chi connectivity index (χ4n) is 2.33. The lowest BCUT2D eigenvalue weighted by molar-refractivity contribution is -0.158. The van der Waals surface area contributed by atoms with Crippen LogP contribution in [0.3, 0.4) is 0 Å². The molecule has 0 aromatic heterocycles. The summed E-state index contributed by atoms with van der Waals surface area (Å²) in [7, 11) is 0. The van der Waals surface area contributed by atoms with Crippen molar-refractivity contribution < 1.29 is 19.7 Å². The van der Waals surface area contributed by atoms with E-state index in [0.29, 0.717) is 11.7 Å². The number of rotatable bonds is 7. The molecule has 20 heavy (non-hydrogen) atoms. The molecule has 0 bridgehead atoms. The van der Waals surface area contributed by atoms with Gasteiger partial charge in [-0.15, -0.1) is 11.8 Å². The summed E-state index contributed by atoms with van der Waals surface area (Å²) in [4.78, 5) is 11.8. The fourth-order valence-corrected chi connectivity index (χ4v) is 3.05. The highest BCUT2D eigenvalue weighted by Crippen LogP contribution is 2.34.